The third kappa shape index (κ3) is 6.21. The molecule has 0 saturated carbocycles. The van der Waals surface area contributed by atoms with Crippen molar-refractivity contribution in [2.45, 2.75) is 44.7 Å². The van der Waals surface area contributed by atoms with E-state index in [0.29, 0.717) is 16.5 Å². The number of carboxylic acid groups (broad SMARTS) is 1. The van der Waals surface area contributed by atoms with Gasteiger partial charge in [-0.1, -0.05) is 41.9 Å². The molecule has 0 fully saturated rings. The van der Waals surface area contributed by atoms with Gasteiger partial charge in [0, 0.05) is 18.2 Å². The minimum absolute atomic E-state index is 0.0895. The number of aromatic nitrogens is 1. The number of benzene rings is 1. The summed E-state index contributed by atoms with van der Waals surface area (Å²) >= 11 is 7.38. The summed E-state index contributed by atoms with van der Waals surface area (Å²) in [5.41, 5.74) is 6.25. The monoisotopic (exact) mass is 499 g/mol. The fraction of sp³-hybridized carbons (Fsp3) is 0.280. The highest BCUT2D eigenvalue weighted by Crippen LogP contribution is 2.31. The Morgan fingerprint density at radius 3 is 2.35 bits per heavy atom. The Bertz CT molecular complexity index is 1160. The van der Waals surface area contributed by atoms with Gasteiger partial charge in [-0.25, -0.2) is 4.79 Å². The number of thiophene rings is 1. The first-order valence-corrected chi connectivity index (χ1v) is 11.9. The molecule has 0 bridgehead atoms. The predicted molar refractivity (Wildman–Crippen MR) is 133 cm³/mol. The van der Waals surface area contributed by atoms with Crippen LogP contribution in [0.15, 0.2) is 60.8 Å². The first-order valence-electron chi connectivity index (χ1n) is 10.7. The molecule has 0 radical (unpaired) electrons. The van der Waals surface area contributed by atoms with Crippen LogP contribution < -0.4 is 5.73 Å². The number of hydrogen-bond acceptors (Lipinski definition) is 5. The van der Waals surface area contributed by atoms with Gasteiger partial charge in [0.05, 0.1) is 20.5 Å². The van der Waals surface area contributed by atoms with Crippen LogP contribution in [0, 0.1) is 0 Å². The van der Waals surface area contributed by atoms with E-state index in [-0.39, 0.29) is 18.4 Å². The quantitative estimate of drug-likeness (QED) is 0.421. The molecule has 178 valence electrons. The summed E-state index contributed by atoms with van der Waals surface area (Å²) in [6.07, 6.45) is 1.61. The van der Waals surface area contributed by atoms with Gasteiger partial charge in [-0.2, -0.15) is 0 Å². The van der Waals surface area contributed by atoms with Crippen LogP contribution in [-0.4, -0.2) is 44.4 Å². The highest BCUT2D eigenvalue weighted by atomic mass is 35.5. The molecule has 0 unspecified atom stereocenters. The van der Waals surface area contributed by atoms with Crippen molar-refractivity contribution in [1.29, 1.82) is 0 Å². The Labute approximate surface area is 207 Å². The van der Waals surface area contributed by atoms with E-state index in [1.54, 1.807) is 18.2 Å². The average molecular weight is 500 g/mol. The van der Waals surface area contributed by atoms with E-state index in [4.69, 9.17) is 17.3 Å². The molecular formula is C25H26ClN3O4S. The molecule has 1 aromatic carbocycles. The first-order chi connectivity index (χ1) is 16.1. The van der Waals surface area contributed by atoms with Crippen LogP contribution >= 0.6 is 22.9 Å². The number of amides is 2. The Hall–Kier alpha value is -3.23. The number of aliphatic carboxylic acids is 1. The minimum Gasteiger partial charge on any atom is -0.480 e. The number of carbonyl (C=O) groups is 3. The van der Waals surface area contributed by atoms with Crippen molar-refractivity contribution in [1.82, 2.24) is 9.88 Å². The van der Waals surface area contributed by atoms with Crippen molar-refractivity contribution in [3.8, 4) is 10.6 Å². The van der Waals surface area contributed by atoms with E-state index in [2.05, 4.69) is 4.98 Å². The summed E-state index contributed by atoms with van der Waals surface area (Å²) in [6.45, 7) is 3.63. The van der Waals surface area contributed by atoms with Crippen LogP contribution in [0.1, 0.15) is 42.6 Å². The smallest absolute Gasteiger partial charge is 0.326 e. The average Bonchev–Trinajstić information content (AvgIpc) is 3.22. The van der Waals surface area contributed by atoms with E-state index in [9.17, 15) is 19.5 Å². The number of hydrogen-bond donors (Lipinski definition) is 2. The van der Waals surface area contributed by atoms with Crippen LogP contribution in [0.4, 0.5) is 0 Å². The van der Waals surface area contributed by atoms with Gasteiger partial charge in [-0.3, -0.25) is 14.6 Å². The molecule has 2 amide bonds. The number of carbonyl (C=O) groups excluding carboxylic acids is 2. The normalized spacial score (nSPS) is 12.2. The molecule has 0 saturated heterocycles. The third-order valence-electron chi connectivity index (χ3n) is 5.45. The number of rotatable bonds is 10. The van der Waals surface area contributed by atoms with E-state index < -0.39 is 29.4 Å². The van der Waals surface area contributed by atoms with Crippen molar-refractivity contribution in [2.75, 3.05) is 0 Å². The Kier molecular flexibility index (Phi) is 8.06. The zero-order valence-corrected chi connectivity index (χ0v) is 20.5. The third-order valence-corrected chi connectivity index (χ3v) is 6.70. The molecule has 2 heterocycles. The lowest BCUT2D eigenvalue weighted by atomic mass is 9.89. The van der Waals surface area contributed by atoms with E-state index in [0.717, 1.165) is 10.4 Å². The maximum absolute atomic E-state index is 13.7. The summed E-state index contributed by atoms with van der Waals surface area (Å²) in [6, 6.07) is 15.2. The largest absolute Gasteiger partial charge is 0.480 e. The fourth-order valence-corrected chi connectivity index (χ4v) is 4.94. The molecule has 34 heavy (non-hydrogen) atoms. The zero-order chi connectivity index (χ0) is 24.9. The molecule has 1 atom stereocenters. The number of pyridine rings is 1. The summed E-state index contributed by atoms with van der Waals surface area (Å²) in [4.78, 5) is 44.0. The molecule has 3 N–H and O–H groups in total. The summed E-state index contributed by atoms with van der Waals surface area (Å²) < 4.78 is 0.629. The SMILES string of the molecule is CC(C)(Cc1ccccc1)N(C(=O)c1ccc(-c2ccc(Cl)s2)nc1)[C@@H](CCC(N)=O)C(=O)O. The molecule has 0 aliphatic rings. The molecule has 3 aromatic rings. The topological polar surface area (TPSA) is 114 Å². The Morgan fingerprint density at radius 1 is 1.12 bits per heavy atom. The number of primary amides is 1. The second kappa shape index (κ2) is 10.8. The highest BCUT2D eigenvalue weighted by molar-refractivity contribution is 7.19. The lowest BCUT2D eigenvalue weighted by Gasteiger charge is -2.42. The molecule has 7 nitrogen and oxygen atoms in total. The van der Waals surface area contributed by atoms with Crippen LogP contribution in [-0.2, 0) is 16.0 Å². The van der Waals surface area contributed by atoms with Crippen molar-refractivity contribution in [3.05, 3.63) is 76.3 Å². The van der Waals surface area contributed by atoms with Crippen LogP contribution in [0.3, 0.4) is 0 Å². The lowest BCUT2D eigenvalue weighted by Crippen LogP contribution is -2.57. The van der Waals surface area contributed by atoms with Gasteiger partial charge < -0.3 is 15.7 Å². The zero-order valence-electron chi connectivity index (χ0n) is 18.9. The molecule has 0 aliphatic carbocycles. The summed E-state index contributed by atoms with van der Waals surface area (Å²) in [7, 11) is 0. The maximum Gasteiger partial charge on any atom is 0.326 e. The Morgan fingerprint density at radius 2 is 1.82 bits per heavy atom. The van der Waals surface area contributed by atoms with Gasteiger partial charge in [0.15, 0.2) is 0 Å². The van der Waals surface area contributed by atoms with Gasteiger partial charge in [0.25, 0.3) is 5.91 Å². The standard InChI is InChI=1S/C25H26ClN3O4S/c1-25(2,14-16-6-4-3-5-7-16)29(19(24(32)33)10-13-22(27)30)23(31)17-8-9-18(28-15-17)20-11-12-21(26)34-20/h3-9,11-12,15,19H,10,13-14H2,1-2H3,(H2,27,30)(H,32,33)/t19-/m0/s1. The van der Waals surface area contributed by atoms with Gasteiger partial charge >= 0.3 is 5.97 Å². The lowest BCUT2D eigenvalue weighted by molar-refractivity contribution is -0.144. The molecule has 3 rings (SSSR count). The maximum atomic E-state index is 13.7. The van der Waals surface area contributed by atoms with Crippen molar-refractivity contribution < 1.29 is 19.5 Å². The Balaban J connectivity index is 1.98. The summed E-state index contributed by atoms with van der Waals surface area (Å²) in [5, 5.41) is 10.0. The molecule has 2 aromatic heterocycles. The second-order valence-electron chi connectivity index (χ2n) is 8.54. The highest BCUT2D eigenvalue weighted by Gasteiger charge is 2.40. The van der Waals surface area contributed by atoms with Crippen LogP contribution in [0.25, 0.3) is 10.6 Å². The summed E-state index contributed by atoms with van der Waals surface area (Å²) in [5.74, 6) is -2.31. The van der Waals surface area contributed by atoms with E-state index >= 15 is 0 Å². The fourth-order valence-electron chi connectivity index (χ4n) is 3.92. The molecule has 0 aliphatic heterocycles. The molecule has 0 spiro atoms. The van der Waals surface area contributed by atoms with Crippen LogP contribution in [0.2, 0.25) is 4.34 Å². The number of carboxylic acids is 1. The van der Waals surface area contributed by atoms with Crippen molar-refractivity contribution in [2.24, 2.45) is 5.73 Å². The van der Waals surface area contributed by atoms with Crippen LogP contribution in [0.5, 0.6) is 0 Å². The van der Waals surface area contributed by atoms with E-state index in [1.807, 2.05) is 50.2 Å². The minimum atomic E-state index is -1.24. The van der Waals surface area contributed by atoms with Crippen molar-refractivity contribution >= 4 is 40.7 Å². The van der Waals surface area contributed by atoms with Gasteiger partial charge in [0.2, 0.25) is 5.91 Å². The predicted octanol–water partition coefficient (Wildman–Crippen LogP) is 4.65. The van der Waals surface area contributed by atoms with Gasteiger partial charge in [-0.05, 0) is 56.5 Å². The molecular weight excluding hydrogens is 474 g/mol. The first kappa shape index (κ1) is 25.4. The van der Waals surface area contributed by atoms with E-state index in [1.165, 1.54) is 22.4 Å². The van der Waals surface area contributed by atoms with Gasteiger partial charge in [-0.15, -0.1) is 11.3 Å². The number of nitrogens with zero attached hydrogens (tertiary/aromatic N) is 2. The second-order valence-corrected chi connectivity index (χ2v) is 10.3. The molecule has 9 heteroatoms. The van der Waals surface area contributed by atoms with Crippen molar-refractivity contribution in [3.63, 3.8) is 0 Å². The number of nitrogens with two attached hydrogens (primary N) is 1. The van der Waals surface area contributed by atoms with Gasteiger partial charge in [0.1, 0.15) is 6.04 Å². The number of halogens is 1.